The lowest BCUT2D eigenvalue weighted by Crippen LogP contribution is -2.34. The van der Waals surface area contributed by atoms with Crippen molar-refractivity contribution in [3.05, 3.63) is 108 Å². The van der Waals surface area contributed by atoms with Crippen molar-refractivity contribution in [3.63, 3.8) is 0 Å². The molecule has 8 heteroatoms. The van der Waals surface area contributed by atoms with Crippen LogP contribution in [0.25, 0.3) is 5.69 Å². The Labute approximate surface area is 208 Å². The Balaban J connectivity index is 1.35. The van der Waals surface area contributed by atoms with E-state index in [9.17, 15) is 9.59 Å². The summed E-state index contributed by atoms with van der Waals surface area (Å²) < 4.78 is 7.21. The second-order valence-corrected chi connectivity index (χ2v) is 8.81. The molecular weight excluding hydrogens is 460 g/mol. The number of nitrogens with zero attached hydrogens (tertiary/aromatic N) is 4. The first-order chi connectivity index (χ1) is 17.1. The summed E-state index contributed by atoms with van der Waals surface area (Å²) in [5.74, 6) is 0.0114. The van der Waals surface area contributed by atoms with E-state index < -0.39 is 5.97 Å². The Bertz CT molecular complexity index is 1210. The average Bonchev–Trinajstić information content (AvgIpc) is 3.27. The van der Waals surface area contributed by atoms with Gasteiger partial charge in [0.2, 0.25) is 0 Å². The first-order valence-corrected chi connectivity index (χ1v) is 12.2. The summed E-state index contributed by atoms with van der Waals surface area (Å²) in [5, 5.41) is 8.89. The van der Waals surface area contributed by atoms with Gasteiger partial charge in [0.25, 0.3) is 5.91 Å². The summed E-state index contributed by atoms with van der Waals surface area (Å²) in [7, 11) is 0. The zero-order valence-corrected chi connectivity index (χ0v) is 20.2. The number of para-hydroxylation sites is 1. The standard InChI is InChI=1S/C27H26N4O3S/c1-21-28-29-27(31(21)24-15-9-4-10-16-24)35-20-26(33)34-19-25(32)30(17-22-11-5-2-6-12-22)18-23-13-7-3-8-14-23/h2-16H,17-20H2,1H3. The van der Waals surface area contributed by atoms with Crippen LogP contribution in [0.3, 0.4) is 0 Å². The van der Waals surface area contributed by atoms with Crippen LogP contribution in [0.2, 0.25) is 0 Å². The van der Waals surface area contributed by atoms with E-state index in [1.807, 2.05) is 102 Å². The lowest BCUT2D eigenvalue weighted by molar-refractivity contribution is -0.150. The van der Waals surface area contributed by atoms with Gasteiger partial charge in [-0.25, -0.2) is 0 Å². The van der Waals surface area contributed by atoms with Gasteiger partial charge in [-0.3, -0.25) is 14.2 Å². The zero-order chi connectivity index (χ0) is 24.5. The maximum atomic E-state index is 13.0. The van der Waals surface area contributed by atoms with E-state index >= 15 is 0 Å². The summed E-state index contributed by atoms with van der Waals surface area (Å²) in [6.45, 7) is 2.40. The molecule has 4 rings (SSSR count). The zero-order valence-electron chi connectivity index (χ0n) is 19.4. The molecule has 178 valence electrons. The Hall–Kier alpha value is -3.91. The van der Waals surface area contributed by atoms with E-state index in [0.717, 1.165) is 22.6 Å². The fourth-order valence-corrected chi connectivity index (χ4v) is 4.34. The highest BCUT2D eigenvalue weighted by Crippen LogP contribution is 2.21. The van der Waals surface area contributed by atoms with Gasteiger partial charge >= 0.3 is 5.97 Å². The largest absolute Gasteiger partial charge is 0.455 e. The lowest BCUT2D eigenvalue weighted by atomic mass is 10.1. The van der Waals surface area contributed by atoms with Crippen molar-refractivity contribution in [2.45, 2.75) is 25.2 Å². The number of aromatic nitrogens is 3. The predicted molar refractivity (Wildman–Crippen MR) is 135 cm³/mol. The summed E-state index contributed by atoms with van der Waals surface area (Å²) in [5.41, 5.74) is 2.93. The van der Waals surface area contributed by atoms with Crippen molar-refractivity contribution >= 4 is 23.6 Å². The molecule has 4 aromatic rings. The predicted octanol–water partition coefficient (Wildman–Crippen LogP) is 4.44. The van der Waals surface area contributed by atoms with Gasteiger partial charge in [0.1, 0.15) is 5.82 Å². The Kier molecular flexibility index (Phi) is 8.30. The van der Waals surface area contributed by atoms with Gasteiger partial charge in [-0.15, -0.1) is 10.2 Å². The molecular formula is C27H26N4O3S. The number of carbonyl (C=O) groups excluding carboxylic acids is 2. The number of amides is 1. The van der Waals surface area contributed by atoms with E-state index in [1.165, 1.54) is 11.8 Å². The van der Waals surface area contributed by atoms with Crippen LogP contribution in [-0.4, -0.2) is 43.9 Å². The molecule has 0 saturated carbocycles. The number of rotatable bonds is 10. The number of ether oxygens (including phenoxy) is 1. The van der Waals surface area contributed by atoms with Crippen LogP contribution >= 0.6 is 11.8 Å². The van der Waals surface area contributed by atoms with Crippen molar-refractivity contribution in [2.24, 2.45) is 0 Å². The van der Waals surface area contributed by atoms with Crippen LogP contribution < -0.4 is 0 Å². The number of hydrogen-bond donors (Lipinski definition) is 0. The smallest absolute Gasteiger partial charge is 0.316 e. The van der Waals surface area contributed by atoms with Crippen LogP contribution in [0.4, 0.5) is 0 Å². The summed E-state index contributed by atoms with van der Waals surface area (Å²) in [6, 6.07) is 29.2. The van der Waals surface area contributed by atoms with Gasteiger partial charge in [-0.2, -0.15) is 0 Å². The van der Waals surface area contributed by atoms with Gasteiger partial charge < -0.3 is 9.64 Å². The highest BCUT2D eigenvalue weighted by atomic mass is 32.2. The first-order valence-electron chi connectivity index (χ1n) is 11.2. The molecule has 0 saturated heterocycles. The highest BCUT2D eigenvalue weighted by Gasteiger charge is 2.18. The van der Waals surface area contributed by atoms with Crippen molar-refractivity contribution < 1.29 is 14.3 Å². The number of hydrogen-bond acceptors (Lipinski definition) is 6. The molecule has 0 aliphatic rings. The first kappa shape index (κ1) is 24.2. The quantitative estimate of drug-likeness (QED) is 0.244. The van der Waals surface area contributed by atoms with Crippen LogP contribution in [0, 0.1) is 6.92 Å². The second kappa shape index (κ2) is 12.0. The summed E-state index contributed by atoms with van der Waals surface area (Å²) in [6.07, 6.45) is 0. The van der Waals surface area contributed by atoms with Gasteiger partial charge in [0.05, 0.1) is 5.75 Å². The maximum absolute atomic E-state index is 13.0. The van der Waals surface area contributed by atoms with Crippen molar-refractivity contribution in [1.29, 1.82) is 0 Å². The van der Waals surface area contributed by atoms with E-state index in [2.05, 4.69) is 10.2 Å². The van der Waals surface area contributed by atoms with E-state index in [-0.39, 0.29) is 18.3 Å². The fourth-order valence-electron chi connectivity index (χ4n) is 3.55. The van der Waals surface area contributed by atoms with Crippen molar-refractivity contribution in [2.75, 3.05) is 12.4 Å². The van der Waals surface area contributed by atoms with Gasteiger partial charge in [-0.05, 0) is 30.2 Å². The van der Waals surface area contributed by atoms with E-state index in [4.69, 9.17) is 4.74 Å². The highest BCUT2D eigenvalue weighted by molar-refractivity contribution is 7.99. The second-order valence-electron chi connectivity index (χ2n) is 7.87. The molecule has 0 unspecified atom stereocenters. The third-order valence-electron chi connectivity index (χ3n) is 5.27. The molecule has 0 radical (unpaired) electrons. The molecule has 7 nitrogen and oxygen atoms in total. The van der Waals surface area contributed by atoms with E-state index in [1.54, 1.807) is 4.90 Å². The maximum Gasteiger partial charge on any atom is 0.316 e. The monoisotopic (exact) mass is 486 g/mol. The topological polar surface area (TPSA) is 77.3 Å². The minimum Gasteiger partial charge on any atom is -0.455 e. The molecule has 0 N–H and O–H groups in total. The van der Waals surface area contributed by atoms with Crippen LogP contribution in [-0.2, 0) is 27.4 Å². The van der Waals surface area contributed by atoms with Crippen molar-refractivity contribution in [3.8, 4) is 5.69 Å². The average molecular weight is 487 g/mol. The van der Waals surface area contributed by atoms with Gasteiger partial charge in [0, 0.05) is 18.8 Å². The van der Waals surface area contributed by atoms with Gasteiger partial charge in [-0.1, -0.05) is 90.6 Å². The molecule has 1 heterocycles. The SMILES string of the molecule is Cc1nnc(SCC(=O)OCC(=O)N(Cc2ccccc2)Cc2ccccc2)n1-c1ccccc1. The van der Waals surface area contributed by atoms with Crippen LogP contribution in [0.15, 0.2) is 96.2 Å². The number of esters is 1. The molecule has 0 aliphatic carbocycles. The number of aryl methyl sites for hydroxylation is 1. The molecule has 0 atom stereocenters. The van der Waals surface area contributed by atoms with Crippen LogP contribution in [0.5, 0.6) is 0 Å². The molecule has 0 bridgehead atoms. The van der Waals surface area contributed by atoms with E-state index in [0.29, 0.717) is 18.2 Å². The fraction of sp³-hybridized carbons (Fsp3) is 0.185. The normalized spacial score (nSPS) is 10.7. The molecule has 0 fully saturated rings. The van der Waals surface area contributed by atoms with Crippen molar-refractivity contribution in [1.82, 2.24) is 19.7 Å². The summed E-state index contributed by atoms with van der Waals surface area (Å²) in [4.78, 5) is 27.1. The van der Waals surface area contributed by atoms with Gasteiger partial charge in [0.15, 0.2) is 11.8 Å². The minimum atomic E-state index is -0.483. The number of thioether (sulfide) groups is 1. The number of benzene rings is 3. The third kappa shape index (κ3) is 6.80. The molecule has 35 heavy (non-hydrogen) atoms. The Morgan fingerprint density at radius 2 is 1.37 bits per heavy atom. The Morgan fingerprint density at radius 3 is 1.94 bits per heavy atom. The number of carbonyl (C=O) groups is 2. The molecule has 0 aliphatic heterocycles. The molecule has 1 aromatic heterocycles. The Morgan fingerprint density at radius 1 is 0.829 bits per heavy atom. The lowest BCUT2D eigenvalue weighted by Gasteiger charge is -2.23. The molecule has 1 amide bonds. The molecule has 3 aromatic carbocycles. The minimum absolute atomic E-state index is 0.0234. The molecule has 0 spiro atoms. The third-order valence-corrected chi connectivity index (χ3v) is 6.17. The van der Waals surface area contributed by atoms with Crippen LogP contribution in [0.1, 0.15) is 17.0 Å². The summed E-state index contributed by atoms with van der Waals surface area (Å²) >= 11 is 1.23.